The monoisotopic (exact) mass is 233 g/mol. The number of nitrogens with zero attached hydrogens (tertiary/aromatic N) is 2. The molecule has 0 aromatic heterocycles. The van der Waals surface area contributed by atoms with E-state index in [0.29, 0.717) is 13.2 Å². The molecule has 0 aliphatic carbocycles. The Morgan fingerprint density at radius 1 is 1.67 bits per heavy atom. The fraction of sp³-hybridized carbons (Fsp3) is 0.556. The summed E-state index contributed by atoms with van der Waals surface area (Å²) in [6, 6.07) is 0. The molecular weight excluding hydrogens is 216 g/mol. The van der Waals surface area contributed by atoms with Gasteiger partial charge in [-0.3, -0.25) is 0 Å². The molecule has 15 heavy (non-hydrogen) atoms. The average molecular weight is 233 g/mol. The Kier molecular flexibility index (Phi) is 3.54. The van der Waals surface area contributed by atoms with E-state index in [-0.39, 0.29) is 10.5 Å². The van der Waals surface area contributed by atoms with Crippen LogP contribution in [0, 0.1) is 0 Å². The van der Waals surface area contributed by atoms with Crippen LogP contribution < -0.4 is 0 Å². The first-order chi connectivity index (χ1) is 6.97. The lowest BCUT2D eigenvalue weighted by molar-refractivity contribution is -0.757. The van der Waals surface area contributed by atoms with Crippen molar-refractivity contribution in [3.8, 4) is 0 Å². The molecule has 0 aromatic carbocycles. The first-order valence-electron chi connectivity index (χ1n) is 4.74. The lowest BCUT2D eigenvalue weighted by Crippen LogP contribution is -2.49. The molecule has 1 aliphatic heterocycles. The minimum absolute atomic E-state index is 0.0138. The molecule has 5 nitrogen and oxygen atoms in total. The van der Waals surface area contributed by atoms with Crippen molar-refractivity contribution in [2.45, 2.75) is 6.92 Å². The summed E-state index contributed by atoms with van der Waals surface area (Å²) in [7, 11) is -1.80. The van der Waals surface area contributed by atoms with Crippen molar-refractivity contribution < 1.29 is 16.5 Å². The Balaban J connectivity index is 2.92. The van der Waals surface area contributed by atoms with Crippen LogP contribution in [0.3, 0.4) is 0 Å². The number of hydrogen-bond donors (Lipinski definition) is 0. The topological polar surface area (TPSA) is 46.6 Å². The van der Waals surface area contributed by atoms with Crippen molar-refractivity contribution in [2.24, 2.45) is 0 Å². The van der Waals surface area contributed by atoms with Crippen LogP contribution in [0.1, 0.15) is 6.92 Å². The molecule has 0 saturated carbocycles. The van der Waals surface area contributed by atoms with E-state index in [9.17, 15) is 8.42 Å². The molecule has 0 amide bonds. The molecule has 1 heterocycles. The smallest absolute Gasteiger partial charge is 0.328 e. The van der Waals surface area contributed by atoms with Crippen molar-refractivity contribution in [3.05, 3.63) is 25.1 Å². The normalized spacial score (nSPS) is 25.9. The van der Waals surface area contributed by atoms with Crippen LogP contribution in [0.15, 0.2) is 25.1 Å². The molecule has 86 valence electrons. The Morgan fingerprint density at radius 3 is 2.73 bits per heavy atom. The summed E-state index contributed by atoms with van der Waals surface area (Å²) in [5, 5.41) is 0. The first kappa shape index (κ1) is 12.2. The van der Waals surface area contributed by atoms with Crippen molar-refractivity contribution >= 4 is 10.3 Å². The highest BCUT2D eigenvalue weighted by Gasteiger charge is 2.43. The Labute approximate surface area is 91.1 Å². The first-order valence-corrected chi connectivity index (χ1v) is 6.11. The van der Waals surface area contributed by atoms with E-state index in [1.54, 1.807) is 12.4 Å². The molecular formula is C9H17N2O3S+. The maximum absolute atomic E-state index is 11.9. The molecule has 1 aliphatic rings. The fourth-order valence-corrected chi connectivity index (χ4v) is 2.78. The van der Waals surface area contributed by atoms with Crippen molar-refractivity contribution in [1.82, 2.24) is 4.90 Å². The molecule has 0 bridgehead atoms. The van der Waals surface area contributed by atoms with Gasteiger partial charge in [-0.25, -0.2) is 4.18 Å². The van der Waals surface area contributed by atoms with Crippen molar-refractivity contribution in [1.29, 1.82) is 0 Å². The molecule has 0 saturated heterocycles. The highest BCUT2D eigenvalue weighted by molar-refractivity contribution is 7.81. The quantitative estimate of drug-likeness (QED) is 0.516. The second kappa shape index (κ2) is 4.34. The lowest BCUT2D eigenvalue weighted by Gasteiger charge is -2.27. The highest BCUT2D eigenvalue weighted by Crippen LogP contribution is 2.23. The van der Waals surface area contributed by atoms with Gasteiger partial charge in [0.2, 0.25) is 0 Å². The molecule has 1 rings (SSSR count). The summed E-state index contributed by atoms with van der Waals surface area (Å²) in [6.07, 6.45) is 4.81. The van der Waals surface area contributed by atoms with Crippen LogP contribution in [0.25, 0.3) is 0 Å². The summed E-state index contributed by atoms with van der Waals surface area (Å²) in [5.74, 6) is 0. The average Bonchev–Trinajstić information content (AvgIpc) is 2.59. The van der Waals surface area contributed by atoms with Gasteiger partial charge in [-0.1, -0.05) is 6.08 Å². The standard InChI is InChI=1S/C9H17N2O3S/c1-4-8-14-15(12,13)11(5-2)7-6-10(3)9-11/h4,6-7H,1,5,8-9H2,2-3H3/q+1. The predicted octanol–water partition coefficient (Wildman–Crippen LogP) is 0.645. The molecule has 6 heteroatoms. The van der Waals surface area contributed by atoms with Crippen LogP contribution >= 0.6 is 0 Å². The van der Waals surface area contributed by atoms with Gasteiger partial charge >= 0.3 is 10.3 Å². The number of rotatable bonds is 5. The molecule has 0 N–H and O–H groups in total. The summed E-state index contributed by atoms with van der Waals surface area (Å²) < 4.78 is 28.5. The fourth-order valence-electron chi connectivity index (χ4n) is 1.46. The maximum atomic E-state index is 11.9. The van der Waals surface area contributed by atoms with E-state index in [1.165, 1.54) is 6.08 Å². The van der Waals surface area contributed by atoms with E-state index >= 15 is 0 Å². The zero-order chi connectivity index (χ0) is 11.5. The van der Waals surface area contributed by atoms with Gasteiger partial charge in [0, 0.05) is 7.05 Å². The van der Waals surface area contributed by atoms with Crippen LogP contribution in [-0.4, -0.2) is 44.1 Å². The van der Waals surface area contributed by atoms with Gasteiger partial charge in [0.1, 0.15) is 6.20 Å². The minimum Gasteiger partial charge on any atom is -0.328 e. The minimum atomic E-state index is -3.63. The van der Waals surface area contributed by atoms with Gasteiger partial charge in [0.15, 0.2) is 6.67 Å². The zero-order valence-electron chi connectivity index (χ0n) is 9.09. The molecule has 0 spiro atoms. The number of quaternary nitrogens is 1. The summed E-state index contributed by atoms with van der Waals surface area (Å²) in [6.45, 7) is 6.09. The predicted molar refractivity (Wildman–Crippen MR) is 57.6 cm³/mol. The SMILES string of the molecule is C=CCOS(=O)(=O)[N+]1(CC)C=CN(C)C1. The summed E-state index contributed by atoms with van der Waals surface area (Å²) in [4.78, 5) is 1.82. The van der Waals surface area contributed by atoms with Gasteiger partial charge in [0.05, 0.1) is 19.4 Å². The van der Waals surface area contributed by atoms with Gasteiger partial charge < -0.3 is 4.90 Å². The third kappa shape index (κ3) is 2.22. The molecule has 1 atom stereocenters. The van der Waals surface area contributed by atoms with E-state index in [0.717, 1.165) is 0 Å². The van der Waals surface area contributed by atoms with Crippen LogP contribution in [0.4, 0.5) is 0 Å². The zero-order valence-corrected chi connectivity index (χ0v) is 9.90. The Bertz CT molecular complexity index is 364. The maximum Gasteiger partial charge on any atom is 0.441 e. The largest absolute Gasteiger partial charge is 0.441 e. The van der Waals surface area contributed by atoms with Crippen LogP contribution in [-0.2, 0) is 14.5 Å². The second-order valence-electron chi connectivity index (χ2n) is 3.47. The van der Waals surface area contributed by atoms with Gasteiger partial charge in [-0.15, -0.1) is 18.9 Å². The van der Waals surface area contributed by atoms with E-state index in [1.807, 2.05) is 18.9 Å². The van der Waals surface area contributed by atoms with Gasteiger partial charge in [0.25, 0.3) is 0 Å². The third-order valence-electron chi connectivity index (χ3n) is 2.37. The molecule has 0 radical (unpaired) electrons. The van der Waals surface area contributed by atoms with E-state index < -0.39 is 10.3 Å². The molecule has 0 aromatic rings. The summed E-state index contributed by atoms with van der Waals surface area (Å²) in [5.41, 5.74) is 0. The second-order valence-corrected chi connectivity index (χ2v) is 5.28. The lowest BCUT2D eigenvalue weighted by atomic mass is 10.6. The van der Waals surface area contributed by atoms with Crippen molar-refractivity contribution in [3.63, 3.8) is 0 Å². The van der Waals surface area contributed by atoms with E-state index in [2.05, 4.69) is 6.58 Å². The van der Waals surface area contributed by atoms with Gasteiger partial charge in [-0.05, 0) is 6.92 Å². The molecule has 0 fully saturated rings. The Hall–Kier alpha value is -0.850. The van der Waals surface area contributed by atoms with Crippen LogP contribution in [0.5, 0.6) is 0 Å². The van der Waals surface area contributed by atoms with E-state index in [4.69, 9.17) is 4.18 Å². The molecule has 1 unspecified atom stereocenters. The van der Waals surface area contributed by atoms with Gasteiger partial charge in [-0.2, -0.15) is 0 Å². The summed E-state index contributed by atoms with van der Waals surface area (Å²) >= 11 is 0. The van der Waals surface area contributed by atoms with Crippen LogP contribution in [0.2, 0.25) is 0 Å². The number of hydrogen-bond acceptors (Lipinski definition) is 4. The van der Waals surface area contributed by atoms with Crippen molar-refractivity contribution in [2.75, 3.05) is 26.9 Å². The highest BCUT2D eigenvalue weighted by atomic mass is 32.2. The third-order valence-corrected chi connectivity index (χ3v) is 4.19. The Morgan fingerprint density at radius 2 is 2.33 bits per heavy atom.